The van der Waals surface area contributed by atoms with Gasteiger partial charge in [-0.2, -0.15) is 0 Å². The van der Waals surface area contributed by atoms with Crippen LogP contribution in [-0.4, -0.2) is 85.1 Å². The van der Waals surface area contributed by atoms with E-state index in [1.165, 1.54) is 20.0 Å². The number of aliphatic hydroxyl groups excluding tert-OH is 1. The number of esters is 1. The first-order valence-electron chi connectivity index (χ1n) is 15.4. The van der Waals surface area contributed by atoms with Crippen molar-refractivity contribution in [2.24, 2.45) is 23.3 Å². The van der Waals surface area contributed by atoms with Gasteiger partial charge in [0.15, 0.2) is 23.0 Å². The van der Waals surface area contributed by atoms with E-state index in [1.807, 2.05) is 18.2 Å². The largest absolute Gasteiger partial charge is 0.493 e. The van der Waals surface area contributed by atoms with Crippen molar-refractivity contribution < 1.29 is 38.3 Å². The van der Waals surface area contributed by atoms with Crippen molar-refractivity contribution in [2.45, 2.75) is 37.7 Å². The van der Waals surface area contributed by atoms with E-state index in [0.717, 1.165) is 63.2 Å². The fourth-order valence-electron chi connectivity index (χ4n) is 6.02. The maximum Gasteiger partial charge on any atom is 0.310 e. The summed E-state index contributed by atoms with van der Waals surface area (Å²) in [5, 5.41) is 17.8. The summed E-state index contributed by atoms with van der Waals surface area (Å²) in [6.45, 7) is 6.18. The highest BCUT2D eigenvalue weighted by Gasteiger charge is 2.52. The summed E-state index contributed by atoms with van der Waals surface area (Å²) >= 11 is 0. The lowest BCUT2D eigenvalue weighted by atomic mass is 9.66. The molecule has 4 atom stereocenters. The van der Waals surface area contributed by atoms with Gasteiger partial charge < -0.3 is 55.6 Å². The number of benzene rings is 2. The summed E-state index contributed by atoms with van der Waals surface area (Å²) in [4.78, 5) is 12.7. The summed E-state index contributed by atoms with van der Waals surface area (Å²) in [7, 11) is 4.63. The molecule has 244 valence electrons. The quantitative estimate of drug-likeness (QED) is 0.146. The Bertz CT molecular complexity index is 1190. The predicted molar refractivity (Wildman–Crippen MR) is 166 cm³/mol. The summed E-state index contributed by atoms with van der Waals surface area (Å²) in [6, 6.07) is 7.31. The number of carbonyl (C=O) groups is 1. The number of methoxy groups -OCH3 is 3. The van der Waals surface area contributed by atoms with Crippen LogP contribution in [-0.2, 0) is 9.53 Å². The molecule has 0 bridgehead atoms. The van der Waals surface area contributed by atoms with E-state index in [9.17, 15) is 9.90 Å². The smallest absolute Gasteiger partial charge is 0.310 e. The van der Waals surface area contributed by atoms with Crippen molar-refractivity contribution in [3.8, 4) is 28.7 Å². The van der Waals surface area contributed by atoms with Crippen LogP contribution in [0, 0.1) is 11.8 Å². The minimum absolute atomic E-state index is 0.123. The third kappa shape index (κ3) is 7.67. The molecule has 0 spiro atoms. The molecule has 1 aliphatic carbocycles. The average Bonchev–Trinajstić information content (AvgIpc) is 3.67. The van der Waals surface area contributed by atoms with Gasteiger partial charge in [-0.15, -0.1) is 0 Å². The number of rotatable bonds is 15. The lowest BCUT2D eigenvalue weighted by Crippen LogP contribution is -2.34. The van der Waals surface area contributed by atoms with Gasteiger partial charge in [-0.05, 0) is 106 Å². The Morgan fingerprint density at radius 1 is 0.795 bits per heavy atom. The predicted octanol–water partition coefficient (Wildman–Crippen LogP) is 2.05. The first kappa shape index (κ1) is 33.6. The molecule has 12 nitrogen and oxygen atoms in total. The number of unbranched alkanes of at least 4 members (excludes halogenated alkanes) is 1. The van der Waals surface area contributed by atoms with Crippen molar-refractivity contribution in [3.05, 3.63) is 41.0 Å². The molecule has 1 saturated heterocycles. The zero-order valence-electron chi connectivity index (χ0n) is 26.1. The number of fused-ring (bicyclic) bond motifs is 3. The minimum atomic E-state index is -0.843. The molecular weight excluding hydrogens is 568 g/mol. The summed E-state index contributed by atoms with van der Waals surface area (Å²) in [6.07, 6.45) is 3.79. The monoisotopic (exact) mass is 616 g/mol. The molecule has 3 aliphatic rings. The van der Waals surface area contributed by atoms with Crippen molar-refractivity contribution >= 4 is 5.97 Å². The standard InChI is InChI=1S/C22H22O8.C10H26N4/c1-25-16-4-10(5-17(26-2)21(16)27-3)18-11-6-14-15(30-9-29-14)7-12(11)20(23)13-8-28-22(24)19(13)18;11-5-3-9-13-7-1-2-8-14-10-4-6-12/h4-7,13,18-20,23H,8-9H2,1-3H3;13-14H,1-12H2/t13-,18+,19-,20-;/m0./s1. The van der Waals surface area contributed by atoms with Crippen LogP contribution in [0.25, 0.3) is 0 Å². The summed E-state index contributed by atoms with van der Waals surface area (Å²) in [5.74, 6) is 0.989. The number of aliphatic hydroxyl groups is 1. The maximum absolute atomic E-state index is 12.7. The number of carbonyl (C=O) groups excluding carboxylic acids is 1. The Morgan fingerprint density at radius 2 is 1.34 bits per heavy atom. The van der Waals surface area contributed by atoms with E-state index in [1.54, 1.807) is 20.3 Å². The molecule has 0 unspecified atom stereocenters. The Labute approximate surface area is 259 Å². The normalized spacial score (nSPS) is 21.1. The van der Waals surface area contributed by atoms with E-state index in [2.05, 4.69) is 10.6 Å². The molecule has 0 saturated carbocycles. The van der Waals surface area contributed by atoms with Gasteiger partial charge in [0.2, 0.25) is 12.5 Å². The van der Waals surface area contributed by atoms with Gasteiger partial charge in [0.05, 0.1) is 40.0 Å². The van der Waals surface area contributed by atoms with Crippen LogP contribution in [0.1, 0.15) is 54.4 Å². The van der Waals surface area contributed by atoms with Crippen molar-refractivity contribution in [2.75, 3.05) is 74.0 Å². The zero-order chi connectivity index (χ0) is 31.5. The van der Waals surface area contributed by atoms with Gasteiger partial charge in [0.1, 0.15) is 0 Å². The molecule has 1 fully saturated rings. The third-order valence-electron chi connectivity index (χ3n) is 8.27. The second-order valence-electron chi connectivity index (χ2n) is 11.0. The van der Waals surface area contributed by atoms with Crippen molar-refractivity contribution in [1.29, 1.82) is 0 Å². The highest BCUT2D eigenvalue weighted by atomic mass is 16.7. The Balaban J connectivity index is 0.000000269. The van der Waals surface area contributed by atoms with E-state index >= 15 is 0 Å². The van der Waals surface area contributed by atoms with Crippen molar-refractivity contribution in [1.82, 2.24) is 10.6 Å². The maximum atomic E-state index is 12.7. The molecule has 2 aliphatic heterocycles. The van der Waals surface area contributed by atoms with Crippen LogP contribution in [0.3, 0.4) is 0 Å². The number of ether oxygens (including phenoxy) is 6. The summed E-state index contributed by atoms with van der Waals surface area (Å²) in [5.41, 5.74) is 13.0. The number of nitrogens with one attached hydrogen (secondary N) is 2. The Kier molecular flexibility index (Phi) is 12.7. The molecule has 12 heteroatoms. The van der Waals surface area contributed by atoms with Crippen LogP contribution >= 0.6 is 0 Å². The molecule has 44 heavy (non-hydrogen) atoms. The highest BCUT2D eigenvalue weighted by Crippen LogP contribution is 2.55. The first-order valence-corrected chi connectivity index (χ1v) is 15.4. The van der Waals surface area contributed by atoms with Crippen LogP contribution < -0.4 is 45.8 Å². The van der Waals surface area contributed by atoms with Gasteiger partial charge >= 0.3 is 5.97 Å². The number of nitrogens with two attached hydrogens (primary N) is 2. The van der Waals surface area contributed by atoms with Crippen LogP contribution in [0.5, 0.6) is 28.7 Å². The second-order valence-corrected chi connectivity index (χ2v) is 11.0. The number of cyclic esters (lactones) is 1. The zero-order valence-corrected chi connectivity index (χ0v) is 26.1. The van der Waals surface area contributed by atoms with E-state index in [0.29, 0.717) is 34.3 Å². The van der Waals surface area contributed by atoms with Gasteiger partial charge in [0, 0.05) is 11.8 Å². The third-order valence-corrected chi connectivity index (χ3v) is 8.27. The van der Waals surface area contributed by atoms with E-state index < -0.39 is 12.0 Å². The fourth-order valence-corrected chi connectivity index (χ4v) is 6.02. The lowest BCUT2D eigenvalue weighted by Gasteiger charge is -2.37. The fraction of sp³-hybridized carbons (Fsp3) is 0.594. The van der Waals surface area contributed by atoms with Crippen LogP contribution in [0.4, 0.5) is 0 Å². The molecule has 0 radical (unpaired) electrons. The lowest BCUT2D eigenvalue weighted by molar-refractivity contribution is -0.141. The van der Waals surface area contributed by atoms with E-state index in [-0.39, 0.29) is 31.2 Å². The van der Waals surface area contributed by atoms with Gasteiger partial charge in [-0.1, -0.05) is 0 Å². The molecule has 5 rings (SSSR count). The minimum Gasteiger partial charge on any atom is -0.493 e. The Morgan fingerprint density at radius 3 is 1.86 bits per heavy atom. The summed E-state index contributed by atoms with van der Waals surface area (Å²) < 4.78 is 32.9. The van der Waals surface area contributed by atoms with Crippen molar-refractivity contribution in [3.63, 3.8) is 0 Å². The van der Waals surface area contributed by atoms with Gasteiger partial charge in [0.25, 0.3) is 0 Å². The van der Waals surface area contributed by atoms with Crippen LogP contribution in [0.15, 0.2) is 24.3 Å². The number of hydrogen-bond donors (Lipinski definition) is 5. The molecule has 0 amide bonds. The molecule has 2 heterocycles. The molecule has 7 N–H and O–H groups in total. The topological polar surface area (TPSA) is 169 Å². The van der Waals surface area contributed by atoms with Crippen LogP contribution in [0.2, 0.25) is 0 Å². The van der Waals surface area contributed by atoms with Gasteiger partial charge in [-0.25, -0.2) is 0 Å². The first-order chi connectivity index (χ1) is 21.5. The van der Waals surface area contributed by atoms with E-state index in [4.69, 9.17) is 39.9 Å². The second kappa shape index (κ2) is 16.7. The molecule has 0 aromatic heterocycles. The van der Waals surface area contributed by atoms with Gasteiger partial charge in [-0.3, -0.25) is 4.79 Å². The SMILES string of the molecule is COc1cc([C@@H]2c3cc4c(cc3[C@H](O)[C@H]3COC(=O)[C@H]23)OCO4)cc(OC)c1OC.NCCCNCCCCNCCCN. The average molecular weight is 617 g/mol. The highest BCUT2D eigenvalue weighted by molar-refractivity contribution is 5.79. The molecule has 2 aromatic rings. The molecular formula is C32H48N4O8. The molecule has 2 aromatic carbocycles. The number of hydrogen-bond acceptors (Lipinski definition) is 12. The Hall–Kier alpha value is -3.29.